The fourth-order valence-electron chi connectivity index (χ4n) is 2.20. The Labute approximate surface area is 152 Å². The fraction of sp³-hybridized carbons (Fsp3) is 0.263. The summed E-state index contributed by atoms with van der Waals surface area (Å²) >= 11 is 0. The first-order chi connectivity index (χ1) is 12.5. The minimum atomic E-state index is -0.426. The van der Waals surface area contributed by atoms with Crippen LogP contribution >= 0.6 is 0 Å². The Kier molecular flexibility index (Phi) is 6.84. The summed E-state index contributed by atoms with van der Waals surface area (Å²) in [6, 6.07) is 11.7. The van der Waals surface area contributed by atoms with Gasteiger partial charge in [0.15, 0.2) is 11.5 Å². The van der Waals surface area contributed by atoms with Gasteiger partial charge in [0, 0.05) is 5.69 Å². The zero-order valence-corrected chi connectivity index (χ0v) is 15.0. The van der Waals surface area contributed by atoms with E-state index in [2.05, 4.69) is 15.4 Å². The van der Waals surface area contributed by atoms with Gasteiger partial charge >= 0.3 is 12.0 Å². The zero-order chi connectivity index (χ0) is 18.9. The third-order valence-electron chi connectivity index (χ3n) is 3.53. The van der Waals surface area contributed by atoms with Gasteiger partial charge < -0.3 is 24.8 Å². The molecule has 0 aliphatic carbocycles. The maximum Gasteiger partial charge on any atom is 0.337 e. The molecule has 2 rings (SSSR count). The number of rotatable bonds is 7. The number of nitrogens with one attached hydrogen (secondary N) is 2. The Hall–Kier alpha value is -3.22. The van der Waals surface area contributed by atoms with E-state index in [0.717, 1.165) is 5.56 Å². The first-order valence-electron chi connectivity index (χ1n) is 8.04. The molecule has 7 nitrogen and oxygen atoms in total. The van der Waals surface area contributed by atoms with Crippen molar-refractivity contribution >= 4 is 17.7 Å². The molecule has 2 aromatic carbocycles. The van der Waals surface area contributed by atoms with Gasteiger partial charge in [0.2, 0.25) is 0 Å². The summed E-state index contributed by atoms with van der Waals surface area (Å²) in [6.07, 6.45) is 0. The van der Waals surface area contributed by atoms with Gasteiger partial charge in [-0.3, -0.25) is 0 Å². The van der Waals surface area contributed by atoms with Crippen molar-refractivity contribution in [1.82, 2.24) is 5.32 Å². The third kappa shape index (κ3) is 5.41. The van der Waals surface area contributed by atoms with Crippen molar-refractivity contribution in [2.24, 2.45) is 0 Å². The van der Waals surface area contributed by atoms with Crippen molar-refractivity contribution in [3.63, 3.8) is 0 Å². The van der Waals surface area contributed by atoms with E-state index in [1.54, 1.807) is 31.4 Å². The number of carbonyl (C=O) groups excluding carboxylic acids is 2. The minimum Gasteiger partial charge on any atom is -0.493 e. The lowest BCUT2D eigenvalue weighted by Gasteiger charge is -2.12. The average molecular weight is 358 g/mol. The molecular weight excluding hydrogens is 336 g/mol. The largest absolute Gasteiger partial charge is 0.493 e. The summed E-state index contributed by atoms with van der Waals surface area (Å²) in [7, 11) is 2.90. The SMILES string of the molecule is COC(=O)c1ccc(NC(=O)NCCOc2ccc(C)cc2OC)cc1. The molecule has 0 heterocycles. The number of ether oxygens (including phenoxy) is 3. The number of hydrogen-bond donors (Lipinski definition) is 2. The molecule has 0 aromatic heterocycles. The number of hydrogen-bond acceptors (Lipinski definition) is 5. The number of benzene rings is 2. The summed E-state index contributed by atoms with van der Waals surface area (Å²) in [5.41, 5.74) is 2.06. The molecule has 0 aliphatic heterocycles. The number of urea groups is 1. The topological polar surface area (TPSA) is 85.9 Å². The Bertz CT molecular complexity index is 759. The van der Waals surface area contributed by atoms with E-state index < -0.39 is 5.97 Å². The normalized spacial score (nSPS) is 9.96. The van der Waals surface area contributed by atoms with Crippen molar-refractivity contribution in [1.29, 1.82) is 0 Å². The standard InChI is InChI=1S/C19H22N2O5/c1-13-4-9-16(17(12-13)24-2)26-11-10-20-19(23)21-15-7-5-14(6-8-15)18(22)25-3/h4-9,12H,10-11H2,1-3H3,(H2,20,21,23). The van der Waals surface area contributed by atoms with Gasteiger partial charge in [-0.05, 0) is 48.9 Å². The highest BCUT2D eigenvalue weighted by atomic mass is 16.5. The van der Waals surface area contributed by atoms with Crippen LogP contribution in [0.5, 0.6) is 11.5 Å². The van der Waals surface area contributed by atoms with Crippen LogP contribution in [0, 0.1) is 6.92 Å². The first-order valence-corrected chi connectivity index (χ1v) is 8.04. The predicted octanol–water partition coefficient (Wildman–Crippen LogP) is 2.99. The van der Waals surface area contributed by atoms with Crippen LogP contribution in [0.4, 0.5) is 10.5 Å². The van der Waals surface area contributed by atoms with Crippen molar-refractivity contribution < 1.29 is 23.8 Å². The first kappa shape index (κ1) is 19.1. The number of carbonyl (C=O) groups is 2. The molecule has 7 heteroatoms. The molecule has 0 saturated carbocycles. The maximum atomic E-state index is 11.9. The van der Waals surface area contributed by atoms with Crippen LogP contribution in [-0.4, -0.2) is 39.4 Å². The average Bonchev–Trinajstić information content (AvgIpc) is 2.66. The summed E-state index contributed by atoms with van der Waals surface area (Å²) in [4.78, 5) is 23.2. The fourth-order valence-corrected chi connectivity index (χ4v) is 2.20. The lowest BCUT2D eigenvalue weighted by atomic mass is 10.2. The van der Waals surface area contributed by atoms with Crippen LogP contribution < -0.4 is 20.1 Å². The molecule has 0 fully saturated rings. The summed E-state index contributed by atoms with van der Waals surface area (Å²) in [5, 5.41) is 5.36. The van der Waals surface area contributed by atoms with Crippen LogP contribution in [-0.2, 0) is 4.74 Å². The van der Waals surface area contributed by atoms with Crippen LogP contribution in [0.25, 0.3) is 0 Å². The summed E-state index contributed by atoms with van der Waals surface area (Å²) in [6.45, 7) is 2.59. The number of amides is 2. The predicted molar refractivity (Wildman–Crippen MR) is 98.0 cm³/mol. The van der Waals surface area contributed by atoms with E-state index in [1.165, 1.54) is 7.11 Å². The van der Waals surface area contributed by atoms with Crippen LogP contribution in [0.15, 0.2) is 42.5 Å². The second kappa shape index (κ2) is 9.31. The molecule has 2 amide bonds. The van der Waals surface area contributed by atoms with Gasteiger partial charge in [-0.1, -0.05) is 6.07 Å². The van der Waals surface area contributed by atoms with E-state index in [4.69, 9.17) is 9.47 Å². The third-order valence-corrected chi connectivity index (χ3v) is 3.53. The maximum absolute atomic E-state index is 11.9. The highest BCUT2D eigenvalue weighted by Crippen LogP contribution is 2.27. The molecule has 0 unspecified atom stereocenters. The van der Waals surface area contributed by atoms with E-state index in [1.807, 2.05) is 25.1 Å². The van der Waals surface area contributed by atoms with Gasteiger partial charge in [-0.2, -0.15) is 0 Å². The van der Waals surface area contributed by atoms with E-state index in [-0.39, 0.29) is 6.03 Å². The number of anilines is 1. The van der Waals surface area contributed by atoms with Gasteiger partial charge in [-0.25, -0.2) is 9.59 Å². The monoisotopic (exact) mass is 358 g/mol. The Morgan fingerprint density at radius 2 is 1.73 bits per heavy atom. The lowest BCUT2D eigenvalue weighted by Crippen LogP contribution is -2.32. The molecule has 0 saturated heterocycles. The van der Waals surface area contributed by atoms with Crippen LogP contribution in [0.1, 0.15) is 15.9 Å². The van der Waals surface area contributed by atoms with Crippen molar-refractivity contribution in [2.75, 3.05) is 32.7 Å². The van der Waals surface area contributed by atoms with Crippen molar-refractivity contribution in [3.05, 3.63) is 53.6 Å². The smallest absolute Gasteiger partial charge is 0.337 e. The number of esters is 1. The molecule has 2 aromatic rings. The zero-order valence-electron chi connectivity index (χ0n) is 15.0. The molecule has 0 bridgehead atoms. The summed E-state index contributed by atoms with van der Waals surface area (Å²) in [5.74, 6) is 0.850. The Balaban J connectivity index is 1.76. The van der Waals surface area contributed by atoms with E-state index in [9.17, 15) is 9.59 Å². The second-order valence-corrected chi connectivity index (χ2v) is 5.45. The van der Waals surface area contributed by atoms with Gasteiger partial charge in [0.1, 0.15) is 6.61 Å². The molecule has 0 atom stereocenters. The molecule has 138 valence electrons. The summed E-state index contributed by atoms with van der Waals surface area (Å²) < 4.78 is 15.5. The van der Waals surface area contributed by atoms with Crippen LogP contribution in [0.3, 0.4) is 0 Å². The van der Waals surface area contributed by atoms with Crippen LogP contribution in [0.2, 0.25) is 0 Å². The van der Waals surface area contributed by atoms with E-state index >= 15 is 0 Å². The minimum absolute atomic E-state index is 0.300. The van der Waals surface area contributed by atoms with Gasteiger partial charge in [0.25, 0.3) is 0 Å². The highest BCUT2D eigenvalue weighted by Gasteiger charge is 2.07. The molecule has 2 N–H and O–H groups in total. The Morgan fingerprint density at radius 3 is 2.38 bits per heavy atom. The van der Waals surface area contributed by atoms with Gasteiger partial charge in [0.05, 0.1) is 26.3 Å². The van der Waals surface area contributed by atoms with Gasteiger partial charge in [-0.15, -0.1) is 0 Å². The quantitative estimate of drug-likeness (QED) is 0.587. The molecule has 0 radical (unpaired) electrons. The number of aryl methyl sites for hydroxylation is 1. The Morgan fingerprint density at radius 1 is 1.00 bits per heavy atom. The molecular formula is C19H22N2O5. The number of methoxy groups -OCH3 is 2. The highest BCUT2D eigenvalue weighted by molar-refractivity contribution is 5.92. The lowest BCUT2D eigenvalue weighted by molar-refractivity contribution is 0.0600. The second-order valence-electron chi connectivity index (χ2n) is 5.45. The molecule has 26 heavy (non-hydrogen) atoms. The van der Waals surface area contributed by atoms with Crippen molar-refractivity contribution in [2.45, 2.75) is 6.92 Å². The molecule has 0 aliphatic rings. The van der Waals surface area contributed by atoms with E-state index in [0.29, 0.717) is 35.9 Å². The van der Waals surface area contributed by atoms with Crippen molar-refractivity contribution in [3.8, 4) is 11.5 Å². The molecule has 0 spiro atoms.